The lowest BCUT2D eigenvalue weighted by molar-refractivity contribution is -0.151. The first-order chi connectivity index (χ1) is 11.9. The minimum atomic E-state index is -0.180. The van der Waals surface area contributed by atoms with Crippen molar-refractivity contribution >= 4 is 40.4 Å². The highest BCUT2D eigenvalue weighted by molar-refractivity contribution is 14.1. The zero-order valence-corrected chi connectivity index (χ0v) is 16.7. The van der Waals surface area contributed by atoms with E-state index in [1.165, 1.54) is 4.90 Å². The number of rotatable bonds is 5. The molecule has 1 aromatic carbocycles. The highest BCUT2D eigenvalue weighted by Crippen LogP contribution is 2.19. The van der Waals surface area contributed by atoms with Crippen molar-refractivity contribution in [3.8, 4) is 0 Å². The van der Waals surface area contributed by atoms with Crippen molar-refractivity contribution in [2.75, 3.05) is 33.3 Å². The van der Waals surface area contributed by atoms with Crippen molar-refractivity contribution in [2.45, 2.75) is 19.8 Å². The number of carbonyl (C=O) groups is 3. The number of hydrogen-bond donors (Lipinski definition) is 0. The van der Waals surface area contributed by atoms with Gasteiger partial charge >= 0.3 is 5.97 Å². The Labute approximate surface area is 161 Å². The van der Waals surface area contributed by atoms with Crippen LogP contribution >= 0.6 is 22.6 Å². The van der Waals surface area contributed by atoms with E-state index in [4.69, 9.17) is 4.74 Å². The van der Waals surface area contributed by atoms with Gasteiger partial charge in [-0.25, -0.2) is 0 Å². The molecule has 0 bridgehead atoms. The van der Waals surface area contributed by atoms with Gasteiger partial charge in [0.2, 0.25) is 5.91 Å². The van der Waals surface area contributed by atoms with Crippen molar-refractivity contribution in [1.82, 2.24) is 9.80 Å². The summed E-state index contributed by atoms with van der Waals surface area (Å²) in [4.78, 5) is 39.7. The second kappa shape index (κ2) is 9.17. The minimum Gasteiger partial charge on any atom is -0.466 e. The molecule has 0 spiro atoms. The minimum absolute atomic E-state index is 0.0366. The summed E-state index contributed by atoms with van der Waals surface area (Å²) in [6, 6.07) is 7.25. The summed E-state index contributed by atoms with van der Waals surface area (Å²) in [6.07, 6.45) is 1.22. The van der Waals surface area contributed by atoms with Crippen LogP contribution in [0.1, 0.15) is 30.1 Å². The average Bonchev–Trinajstić information content (AvgIpc) is 2.62. The smallest absolute Gasteiger partial charge is 0.309 e. The molecule has 1 aliphatic rings. The molecule has 1 aliphatic heterocycles. The maximum Gasteiger partial charge on any atom is 0.309 e. The van der Waals surface area contributed by atoms with E-state index in [1.54, 1.807) is 31.0 Å². The fourth-order valence-electron chi connectivity index (χ4n) is 2.81. The topological polar surface area (TPSA) is 66.9 Å². The van der Waals surface area contributed by atoms with Crippen LogP contribution in [-0.4, -0.2) is 60.9 Å². The molecule has 136 valence electrons. The first-order valence-corrected chi connectivity index (χ1v) is 9.45. The molecule has 0 aliphatic carbocycles. The molecule has 2 rings (SSSR count). The molecule has 0 N–H and O–H groups in total. The number of carbonyl (C=O) groups excluding carboxylic acids is 3. The van der Waals surface area contributed by atoms with Gasteiger partial charge in [0.05, 0.1) is 19.1 Å². The number of ether oxygens (including phenoxy) is 1. The molecule has 7 heteroatoms. The van der Waals surface area contributed by atoms with Crippen LogP contribution in [0.3, 0.4) is 0 Å². The number of hydrogen-bond acceptors (Lipinski definition) is 4. The van der Waals surface area contributed by atoms with E-state index in [0.717, 1.165) is 3.57 Å². The van der Waals surface area contributed by atoms with E-state index in [2.05, 4.69) is 22.6 Å². The number of amides is 2. The van der Waals surface area contributed by atoms with Crippen molar-refractivity contribution in [1.29, 1.82) is 0 Å². The molecule has 1 fully saturated rings. The number of esters is 1. The Morgan fingerprint density at radius 3 is 2.36 bits per heavy atom. The van der Waals surface area contributed by atoms with Gasteiger partial charge in [-0.05, 0) is 66.6 Å². The lowest BCUT2D eigenvalue weighted by Crippen LogP contribution is -2.45. The highest BCUT2D eigenvalue weighted by atomic mass is 127. The Hall–Kier alpha value is -1.64. The first kappa shape index (κ1) is 19.7. The second-order valence-electron chi connectivity index (χ2n) is 6.08. The standard InChI is InChI=1S/C18H23IN2O4/c1-3-25-18(24)14-8-10-21(11-9-14)16(22)12-20(2)17(23)13-4-6-15(19)7-5-13/h4-7,14H,3,8-12H2,1-2H3. The number of likely N-dealkylation sites (N-methyl/N-ethyl adjacent to an activating group) is 1. The van der Waals surface area contributed by atoms with E-state index in [9.17, 15) is 14.4 Å². The number of piperidine rings is 1. The zero-order chi connectivity index (χ0) is 18.4. The Kier molecular flexibility index (Phi) is 7.22. The SMILES string of the molecule is CCOC(=O)C1CCN(C(=O)CN(C)C(=O)c2ccc(I)cc2)CC1. The van der Waals surface area contributed by atoms with Gasteiger partial charge in [-0.2, -0.15) is 0 Å². The molecule has 0 radical (unpaired) electrons. The third-order valence-electron chi connectivity index (χ3n) is 4.28. The van der Waals surface area contributed by atoms with Crippen molar-refractivity contribution in [3.63, 3.8) is 0 Å². The number of halogens is 1. The van der Waals surface area contributed by atoms with Crippen LogP contribution in [-0.2, 0) is 14.3 Å². The van der Waals surface area contributed by atoms with Crippen molar-refractivity contribution in [3.05, 3.63) is 33.4 Å². The van der Waals surface area contributed by atoms with Crippen LogP contribution < -0.4 is 0 Å². The normalized spacial score (nSPS) is 14.9. The molecule has 1 heterocycles. The molecule has 1 aromatic rings. The predicted octanol–water partition coefficient (Wildman–Crippen LogP) is 2.16. The molecular weight excluding hydrogens is 435 g/mol. The van der Waals surface area contributed by atoms with E-state index >= 15 is 0 Å². The van der Waals surface area contributed by atoms with Crippen LogP contribution in [0.2, 0.25) is 0 Å². The monoisotopic (exact) mass is 458 g/mol. The molecule has 0 unspecified atom stereocenters. The van der Waals surface area contributed by atoms with Gasteiger partial charge in [0, 0.05) is 29.3 Å². The molecule has 0 aromatic heterocycles. The lowest BCUT2D eigenvalue weighted by Gasteiger charge is -2.32. The van der Waals surface area contributed by atoms with Gasteiger partial charge in [-0.1, -0.05) is 0 Å². The summed E-state index contributed by atoms with van der Waals surface area (Å²) in [6.45, 7) is 3.25. The van der Waals surface area contributed by atoms with E-state index in [1.807, 2.05) is 12.1 Å². The molecule has 25 heavy (non-hydrogen) atoms. The highest BCUT2D eigenvalue weighted by Gasteiger charge is 2.29. The van der Waals surface area contributed by atoms with Crippen molar-refractivity contribution < 1.29 is 19.1 Å². The Morgan fingerprint density at radius 2 is 1.80 bits per heavy atom. The quantitative estimate of drug-likeness (QED) is 0.501. The Balaban J connectivity index is 1.84. The molecule has 2 amide bonds. The molecular formula is C18H23IN2O4. The molecule has 6 nitrogen and oxygen atoms in total. The maximum absolute atomic E-state index is 12.4. The Morgan fingerprint density at radius 1 is 1.20 bits per heavy atom. The third kappa shape index (κ3) is 5.42. The van der Waals surface area contributed by atoms with Gasteiger partial charge in [0.1, 0.15) is 0 Å². The molecule has 0 saturated carbocycles. The zero-order valence-electron chi connectivity index (χ0n) is 14.5. The summed E-state index contributed by atoms with van der Waals surface area (Å²) in [5.74, 6) is -0.578. The van der Waals surface area contributed by atoms with Gasteiger partial charge < -0.3 is 14.5 Å². The largest absolute Gasteiger partial charge is 0.466 e. The van der Waals surface area contributed by atoms with Gasteiger partial charge in [0.25, 0.3) is 5.91 Å². The fourth-order valence-corrected chi connectivity index (χ4v) is 3.17. The fraction of sp³-hybridized carbons (Fsp3) is 0.500. The summed E-state index contributed by atoms with van der Waals surface area (Å²) in [5, 5.41) is 0. The second-order valence-corrected chi connectivity index (χ2v) is 7.32. The van der Waals surface area contributed by atoms with E-state index in [-0.39, 0.29) is 30.2 Å². The van der Waals surface area contributed by atoms with Crippen LogP contribution in [0, 0.1) is 9.49 Å². The Bertz CT molecular complexity index is 624. The van der Waals surface area contributed by atoms with Crippen LogP contribution in [0.25, 0.3) is 0 Å². The first-order valence-electron chi connectivity index (χ1n) is 8.37. The third-order valence-corrected chi connectivity index (χ3v) is 5.00. The van der Waals surface area contributed by atoms with E-state index < -0.39 is 0 Å². The van der Waals surface area contributed by atoms with Gasteiger partial charge in [-0.3, -0.25) is 14.4 Å². The van der Waals surface area contributed by atoms with Crippen LogP contribution in [0.15, 0.2) is 24.3 Å². The average molecular weight is 458 g/mol. The predicted molar refractivity (Wildman–Crippen MR) is 102 cm³/mol. The number of benzene rings is 1. The van der Waals surface area contributed by atoms with Gasteiger partial charge in [0.15, 0.2) is 0 Å². The van der Waals surface area contributed by atoms with Crippen molar-refractivity contribution in [2.24, 2.45) is 5.92 Å². The van der Waals surface area contributed by atoms with E-state index in [0.29, 0.717) is 38.1 Å². The number of likely N-dealkylation sites (tertiary alicyclic amines) is 1. The molecule has 0 atom stereocenters. The summed E-state index contributed by atoms with van der Waals surface area (Å²) in [7, 11) is 1.63. The summed E-state index contributed by atoms with van der Waals surface area (Å²) in [5.41, 5.74) is 0.566. The lowest BCUT2D eigenvalue weighted by atomic mass is 9.97. The van der Waals surface area contributed by atoms with Crippen LogP contribution in [0.5, 0.6) is 0 Å². The summed E-state index contributed by atoms with van der Waals surface area (Å²) >= 11 is 2.18. The number of nitrogens with zero attached hydrogens (tertiary/aromatic N) is 2. The van der Waals surface area contributed by atoms with Gasteiger partial charge in [-0.15, -0.1) is 0 Å². The maximum atomic E-state index is 12.4. The van der Waals surface area contributed by atoms with Crippen LogP contribution in [0.4, 0.5) is 0 Å². The molecule has 1 saturated heterocycles. The summed E-state index contributed by atoms with van der Waals surface area (Å²) < 4.78 is 6.09.